The van der Waals surface area contributed by atoms with Crippen LogP contribution in [0.15, 0.2) is 24.4 Å². The lowest BCUT2D eigenvalue weighted by Crippen LogP contribution is -1.97. The molecule has 0 aliphatic rings. The Balaban J connectivity index is 2.25. The highest BCUT2D eigenvalue weighted by Gasteiger charge is 2.10. The fourth-order valence-electron chi connectivity index (χ4n) is 1.86. The molecule has 0 spiro atoms. The first-order valence-corrected chi connectivity index (χ1v) is 6.42. The van der Waals surface area contributed by atoms with Gasteiger partial charge in [0.1, 0.15) is 10.7 Å². The average Bonchev–Trinajstić information content (AvgIpc) is 2.81. The molecule has 0 amide bonds. The monoisotopic (exact) mass is 263 g/mol. The predicted molar refractivity (Wildman–Crippen MR) is 71.2 cm³/mol. The summed E-state index contributed by atoms with van der Waals surface area (Å²) in [6.45, 7) is 4.15. The normalized spacial score (nSPS) is 11.2. The van der Waals surface area contributed by atoms with Crippen molar-refractivity contribution in [2.45, 2.75) is 13.8 Å². The first-order valence-electron chi connectivity index (χ1n) is 5.22. The summed E-state index contributed by atoms with van der Waals surface area (Å²) in [5.74, 6) is 0. The standard InChI is InChI=1S/C12H10ClN3S/c1-7-3-4-8(2)16(7)12-15-9-6-14-11(13)5-10(9)17-12/h3-6H,1-2H3. The summed E-state index contributed by atoms with van der Waals surface area (Å²) in [4.78, 5) is 8.63. The first-order chi connectivity index (χ1) is 8.15. The van der Waals surface area contributed by atoms with Gasteiger partial charge < -0.3 is 0 Å². The second-order valence-electron chi connectivity index (χ2n) is 3.92. The van der Waals surface area contributed by atoms with Crippen LogP contribution in [0.25, 0.3) is 15.3 Å². The Bertz CT molecular complexity index is 679. The van der Waals surface area contributed by atoms with Crippen LogP contribution in [0.2, 0.25) is 5.15 Å². The number of aryl methyl sites for hydroxylation is 2. The Morgan fingerprint density at radius 2 is 1.94 bits per heavy atom. The zero-order valence-corrected chi connectivity index (χ0v) is 11.0. The van der Waals surface area contributed by atoms with Crippen molar-refractivity contribution in [3.05, 3.63) is 40.9 Å². The molecular weight excluding hydrogens is 254 g/mol. The van der Waals surface area contributed by atoms with Crippen molar-refractivity contribution in [1.29, 1.82) is 0 Å². The fourth-order valence-corrected chi connectivity index (χ4v) is 3.18. The van der Waals surface area contributed by atoms with Crippen LogP contribution >= 0.6 is 22.9 Å². The minimum atomic E-state index is 0.508. The van der Waals surface area contributed by atoms with Gasteiger partial charge in [-0.1, -0.05) is 22.9 Å². The smallest absolute Gasteiger partial charge is 0.195 e. The van der Waals surface area contributed by atoms with Gasteiger partial charge >= 0.3 is 0 Å². The lowest BCUT2D eigenvalue weighted by Gasteiger charge is -2.03. The van der Waals surface area contributed by atoms with E-state index in [-0.39, 0.29) is 0 Å². The van der Waals surface area contributed by atoms with Crippen molar-refractivity contribution in [1.82, 2.24) is 14.5 Å². The number of rotatable bonds is 1. The quantitative estimate of drug-likeness (QED) is 0.626. The highest BCUT2D eigenvalue weighted by atomic mass is 35.5. The minimum absolute atomic E-state index is 0.508. The van der Waals surface area contributed by atoms with Gasteiger partial charge in [-0.3, -0.25) is 4.57 Å². The number of hydrogen-bond donors (Lipinski definition) is 0. The SMILES string of the molecule is Cc1ccc(C)n1-c1nc2cnc(Cl)cc2s1. The lowest BCUT2D eigenvalue weighted by molar-refractivity contribution is 0.955. The molecule has 3 rings (SSSR count). The zero-order chi connectivity index (χ0) is 12.0. The maximum Gasteiger partial charge on any atom is 0.195 e. The molecule has 0 atom stereocenters. The molecule has 0 unspecified atom stereocenters. The summed E-state index contributed by atoms with van der Waals surface area (Å²) in [5, 5.41) is 1.47. The third kappa shape index (κ3) is 1.73. The molecule has 3 nitrogen and oxygen atoms in total. The molecule has 0 saturated heterocycles. The molecule has 3 aromatic heterocycles. The van der Waals surface area contributed by atoms with Gasteiger partial charge in [0.2, 0.25) is 0 Å². The van der Waals surface area contributed by atoms with Crippen LogP contribution in [0.1, 0.15) is 11.4 Å². The summed E-state index contributed by atoms with van der Waals surface area (Å²) >= 11 is 7.50. The minimum Gasteiger partial charge on any atom is -0.295 e. The van der Waals surface area contributed by atoms with Crippen molar-refractivity contribution in [2.24, 2.45) is 0 Å². The molecule has 5 heteroatoms. The van der Waals surface area contributed by atoms with Gasteiger partial charge in [0.15, 0.2) is 5.13 Å². The average molecular weight is 264 g/mol. The summed E-state index contributed by atoms with van der Waals surface area (Å²) in [6, 6.07) is 6.03. The highest BCUT2D eigenvalue weighted by molar-refractivity contribution is 7.20. The Morgan fingerprint density at radius 1 is 1.24 bits per heavy atom. The van der Waals surface area contributed by atoms with Crippen molar-refractivity contribution in [3.8, 4) is 5.13 Å². The van der Waals surface area contributed by atoms with E-state index >= 15 is 0 Å². The van der Waals surface area contributed by atoms with Gasteiger partial charge in [-0.15, -0.1) is 0 Å². The van der Waals surface area contributed by atoms with E-state index in [0.29, 0.717) is 5.15 Å². The van der Waals surface area contributed by atoms with Gasteiger partial charge in [0.25, 0.3) is 0 Å². The molecule has 3 heterocycles. The summed E-state index contributed by atoms with van der Waals surface area (Å²) in [5.41, 5.74) is 3.25. The summed E-state index contributed by atoms with van der Waals surface area (Å²) < 4.78 is 3.20. The molecular formula is C12H10ClN3S. The van der Waals surface area contributed by atoms with Crippen LogP contribution in [-0.4, -0.2) is 14.5 Å². The second-order valence-corrected chi connectivity index (χ2v) is 5.32. The van der Waals surface area contributed by atoms with Crippen LogP contribution in [0, 0.1) is 13.8 Å². The Hall–Kier alpha value is -1.39. The van der Waals surface area contributed by atoms with E-state index in [2.05, 4.69) is 40.5 Å². The van der Waals surface area contributed by atoms with Crippen molar-refractivity contribution < 1.29 is 0 Å². The van der Waals surface area contributed by atoms with Crippen LogP contribution in [0.5, 0.6) is 0 Å². The van der Waals surface area contributed by atoms with Gasteiger partial charge in [0.05, 0.1) is 10.9 Å². The Morgan fingerprint density at radius 3 is 2.65 bits per heavy atom. The third-order valence-corrected chi connectivity index (χ3v) is 3.90. The van der Waals surface area contributed by atoms with Crippen molar-refractivity contribution in [2.75, 3.05) is 0 Å². The van der Waals surface area contributed by atoms with Crippen molar-refractivity contribution >= 4 is 33.2 Å². The van der Waals surface area contributed by atoms with E-state index in [1.54, 1.807) is 17.5 Å². The van der Waals surface area contributed by atoms with Crippen LogP contribution < -0.4 is 0 Å². The molecule has 86 valence electrons. The molecule has 0 saturated carbocycles. The predicted octanol–water partition coefficient (Wildman–Crippen LogP) is 3.75. The molecule has 3 aromatic rings. The molecule has 0 aliphatic carbocycles. The van der Waals surface area contributed by atoms with E-state index in [9.17, 15) is 0 Å². The van der Waals surface area contributed by atoms with E-state index in [1.807, 2.05) is 6.07 Å². The van der Waals surface area contributed by atoms with E-state index < -0.39 is 0 Å². The summed E-state index contributed by atoms with van der Waals surface area (Å²) in [7, 11) is 0. The van der Waals surface area contributed by atoms with Gasteiger partial charge in [-0.2, -0.15) is 0 Å². The number of thiazole rings is 1. The van der Waals surface area contributed by atoms with E-state index in [4.69, 9.17) is 11.6 Å². The number of nitrogens with zero attached hydrogens (tertiary/aromatic N) is 3. The third-order valence-electron chi connectivity index (χ3n) is 2.69. The molecule has 0 aromatic carbocycles. The lowest BCUT2D eigenvalue weighted by atomic mass is 10.4. The highest BCUT2D eigenvalue weighted by Crippen LogP contribution is 2.28. The second kappa shape index (κ2) is 3.82. The van der Waals surface area contributed by atoms with Gasteiger partial charge in [-0.05, 0) is 32.0 Å². The number of fused-ring (bicyclic) bond motifs is 1. The van der Waals surface area contributed by atoms with Crippen molar-refractivity contribution in [3.63, 3.8) is 0 Å². The molecule has 0 bridgehead atoms. The maximum absolute atomic E-state index is 5.88. The van der Waals surface area contributed by atoms with E-state index in [0.717, 1.165) is 15.3 Å². The zero-order valence-electron chi connectivity index (χ0n) is 9.44. The van der Waals surface area contributed by atoms with Gasteiger partial charge in [0, 0.05) is 11.4 Å². The largest absolute Gasteiger partial charge is 0.295 e. The molecule has 0 fully saturated rings. The maximum atomic E-state index is 5.88. The van der Waals surface area contributed by atoms with Crippen LogP contribution in [-0.2, 0) is 0 Å². The Kier molecular flexibility index (Phi) is 2.42. The first kappa shape index (κ1) is 10.7. The van der Waals surface area contributed by atoms with Crippen LogP contribution in [0.4, 0.5) is 0 Å². The van der Waals surface area contributed by atoms with Gasteiger partial charge in [-0.25, -0.2) is 9.97 Å². The van der Waals surface area contributed by atoms with E-state index in [1.165, 1.54) is 11.4 Å². The fraction of sp³-hybridized carbons (Fsp3) is 0.167. The summed E-state index contributed by atoms with van der Waals surface area (Å²) in [6.07, 6.45) is 1.71. The number of pyridine rings is 1. The molecule has 0 N–H and O–H groups in total. The molecule has 17 heavy (non-hydrogen) atoms. The molecule has 0 radical (unpaired) electrons. The Labute approximate surface area is 108 Å². The number of hydrogen-bond acceptors (Lipinski definition) is 3. The van der Waals surface area contributed by atoms with Crippen LogP contribution in [0.3, 0.4) is 0 Å². The number of halogens is 1. The molecule has 0 aliphatic heterocycles. The number of aromatic nitrogens is 3. The topological polar surface area (TPSA) is 30.7 Å².